The maximum Gasteiger partial charge on any atom is 0.363 e. The predicted octanol–water partition coefficient (Wildman–Crippen LogP) is 4.76. The number of carbonyl (C=O) groups excluding carboxylic acids is 1. The largest absolute Gasteiger partial charge is 0.493 e. The fourth-order valence-electron chi connectivity index (χ4n) is 2.93. The quantitative estimate of drug-likeness (QED) is 0.440. The van der Waals surface area contributed by atoms with Crippen LogP contribution in [0.25, 0.3) is 6.08 Å². The number of methoxy groups -OCH3 is 1. The molecule has 0 radical (unpaired) electrons. The SMILES string of the molecule is COc1cc(C=C2N=C(c3ccccc3)OC2=O)c(F)cc1OCc1ccccc1. The Morgan fingerprint density at radius 1 is 1.00 bits per heavy atom. The van der Waals surface area contributed by atoms with Gasteiger partial charge in [0.1, 0.15) is 12.4 Å². The number of hydrogen-bond acceptors (Lipinski definition) is 5. The molecule has 0 unspecified atom stereocenters. The van der Waals surface area contributed by atoms with E-state index in [1.807, 2.05) is 48.5 Å². The number of ether oxygens (including phenoxy) is 3. The lowest BCUT2D eigenvalue weighted by atomic mass is 10.1. The van der Waals surface area contributed by atoms with Gasteiger partial charge < -0.3 is 14.2 Å². The molecule has 0 N–H and O–H groups in total. The summed E-state index contributed by atoms with van der Waals surface area (Å²) in [5.74, 6) is -0.414. The maximum absolute atomic E-state index is 14.7. The van der Waals surface area contributed by atoms with Gasteiger partial charge in [0, 0.05) is 17.2 Å². The third kappa shape index (κ3) is 4.22. The van der Waals surface area contributed by atoms with E-state index in [-0.39, 0.29) is 29.5 Å². The third-order valence-corrected chi connectivity index (χ3v) is 4.45. The minimum Gasteiger partial charge on any atom is -0.493 e. The number of benzene rings is 3. The Kier molecular flexibility index (Phi) is 5.57. The molecule has 3 aromatic rings. The molecule has 6 heteroatoms. The lowest BCUT2D eigenvalue weighted by Gasteiger charge is -2.12. The van der Waals surface area contributed by atoms with Crippen molar-refractivity contribution in [1.82, 2.24) is 0 Å². The lowest BCUT2D eigenvalue weighted by Crippen LogP contribution is -2.05. The van der Waals surface area contributed by atoms with Gasteiger partial charge in [-0.1, -0.05) is 48.5 Å². The van der Waals surface area contributed by atoms with Crippen molar-refractivity contribution in [3.63, 3.8) is 0 Å². The first-order valence-electron chi connectivity index (χ1n) is 9.26. The monoisotopic (exact) mass is 403 g/mol. The molecule has 0 amide bonds. The molecule has 5 nitrogen and oxygen atoms in total. The molecule has 30 heavy (non-hydrogen) atoms. The Bertz CT molecular complexity index is 1120. The Labute approximate surface area is 173 Å². The summed E-state index contributed by atoms with van der Waals surface area (Å²) >= 11 is 0. The first kappa shape index (κ1) is 19.4. The van der Waals surface area contributed by atoms with Gasteiger partial charge in [-0.05, 0) is 29.8 Å². The van der Waals surface area contributed by atoms with Crippen molar-refractivity contribution in [2.45, 2.75) is 6.61 Å². The van der Waals surface area contributed by atoms with Crippen molar-refractivity contribution in [3.8, 4) is 11.5 Å². The number of rotatable bonds is 6. The molecule has 4 rings (SSSR count). The van der Waals surface area contributed by atoms with Gasteiger partial charge in [-0.25, -0.2) is 14.2 Å². The highest BCUT2D eigenvalue weighted by Gasteiger charge is 2.24. The molecule has 0 bridgehead atoms. The predicted molar refractivity (Wildman–Crippen MR) is 111 cm³/mol. The van der Waals surface area contributed by atoms with Crippen LogP contribution in [0.2, 0.25) is 0 Å². The van der Waals surface area contributed by atoms with E-state index in [4.69, 9.17) is 14.2 Å². The van der Waals surface area contributed by atoms with Crippen molar-refractivity contribution in [2.24, 2.45) is 4.99 Å². The standard InChI is InChI=1S/C24H18FNO4/c1-28-21-13-18(19(25)14-22(21)29-15-16-8-4-2-5-9-16)12-20-24(27)30-23(26-20)17-10-6-3-7-11-17/h2-14H,15H2,1H3. The Hall–Kier alpha value is -3.93. The highest BCUT2D eigenvalue weighted by Crippen LogP contribution is 2.32. The first-order chi connectivity index (χ1) is 14.6. The highest BCUT2D eigenvalue weighted by atomic mass is 19.1. The van der Waals surface area contributed by atoms with Crippen molar-refractivity contribution in [3.05, 3.63) is 101 Å². The minimum atomic E-state index is -0.642. The van der Waals surface area contributed by atoms with Gasteiger partial charge in [0.25, 0.3) is 0 Å². The van der Waals surface area contributed by atoms with Crippen LogP contribution in [-0.4, -0.2) is 19.0 Å². The third-order valence-electron chi connectivity index (χ3n) is 4.45. The summed E-state index contributed by atoms with van der Waals surface area (Å²) in [6.45, 7) is 0.272. The molecule has 3 aromatic carbocycles. The van der Waals surface area contributed by atoms with Crippen LogP contribution in [0, 0.1) is 5.82 Å². The summed E-state index contributed by atoms with van der Waals surface area (Å²) in [6, 6.07) is 21.3. The molecule has 0 aromatic heterocycles. The molecule has 0 fully saturated rings. The van der Waals surface area contributed by atoms with Gasteiger partial charge in [-0.3, -0.25) is 0 Å². The smallest absolute Gasteiger partial charge is 0.363 e. The topological polar surface area (TPSA) is 57.1 Å². The van der Waals surface area contributed by atoms with E-state index in [1.54, 1.807) is 12.1 Å². The van der Waals surface area contributed by atoms with Crippen LogP contribution in [-0.2, 0) is 16.1 Å². The number of halogens is 1. The number of esters is 1. The van der Waals surface area contributed by atoms with E-state index in [1.165, 1.54) is 25.3 Å². The van der Waals surface area contributed by atoms with Crippen molar-refractivity contribution >= 4 is 17.9 Å². The molecular formula is C24H18FNO4. The zero-order valence-electron chi connectivity index (χ0n) is 16.2. The zero-order valence-corrected chi connectivity index (χ0v) is 16.2. The van der Waals surface area contributed by atoms with E-state index in [2.05, 4.69) is 4.99 Å². The molecule has 150 valence electrons. The van der Waals surface area contributed by atoms with Crippen molar-refractivity contribution in [2.75, 3.05) is 7.11 Å². The van der Waals surface area contributed by atoms with Crippen molar-refractivity contribution < 1.29 is 23.4 Å². The number of carbonyl (C=O) groups is 1. The average Bonchev–Trinajstić information content (AvgIpc) is 3.15. The molecule has 0 atom stereocenters. The van der Waals surface area contributed by atoms with Gasteiger partial charge >= 0.3 is 5.97 Å². The summed E-state index contributed by atoms with van der Waals surface area (Å²) in [5.41, 5.74) is 1.76. The molecule has 1 aliphatic heterocycles. The van der Waals surface area contributed by atoms with E-state index in [9.17, 15) is 9.18 Å². The van der Waals surface area contributed by atoms with E-state index >= 15 is 0 Å². The maximum atomic E-state index is 14.7. The van der Waals surface area contributed by atoms with Gasteiger partial charge in [0.05, 0.1) is 7.11 Å². The zero-order chi connectivity index (χ0) is 20.9. The van der Waals surface area contributed by atoms with Crippen LogP contribution in [0.4, 0.5) is 4.39 Å². The summed E-state index contributed by atoms with van der Waals surface area (Å²) < 4.78 is 31.0. The first-order valence-corrected chi connectivity index (χ1v) is 9.26. The minimum absolute atomic E-state index is 0.00719. The van der Waals surface area contributed by atoms with E-state index < -0.39 is 11.8 Å². The molecule has 0 saturated carbocycles. The molecule has 0 aliphatic carbocycles. The number of nitrogens with zero attached hydrogens (tertiary/aromatic N) is 1. The van der Waals surface area contributed by atoms with Crippen LogP contribution in [0.1, 0.15) is 16.7 Å². The lowest BCUT2D eigenvalue weighted by molar-refractivity contribution is -0.129. The second-order valence-electron chi connectivity index (χ2n) is 6.50. The Morgan fingerprint density at radius 3 is 2.40 bits per heavy atom. The molecular weight excluding hydrogens is 385 g/mol. The van der Waals surface area contributed by atoms with Crippen molar-refractivity contribution in [1.29, 1.82) is 0 Å². The second-order valence-corrected chi connectivity index (χ2v) is 6.50. The molecule has 1 aliphatic rings. The van der Waals surface area contributed by atoms with Crippen LogP contribution in [0.15, 0.2) is 83.5 Å². The van der Waals surface area contributed by atoms with Gasteiger partial charge in [0.15, 0.2) is 17.2 Å². The van der Waals surface area contributed by atoms with Crippen LogP contribution < -0.4 is 9.47 Å². The Morgan fingerprint density at radius 2 is 1.70 bits per heavy atom. The van der Waals surface area contributed by atoms with Gasteiger partial charge in [-0.2, -0.15) is 0 Å². The Balaban J connectivity index is 1.60. The number of aliphatic imine (C=N–C) groups is 1. The van der Waals surface area contributed by atoms with Crippen LogP contribution in [0.5, 0.6) is 11.5 Å². The number of hydrogen-bond donors (Lipinski definition) is 0. The molecule has 0 saturated heterocycles. The fourth-order valence-corrected chi connectivity index (χ4v) is 2.93. The van der Waals surface area contributed by atoms with Gasteiger partial charge in [0.2, 0.25) is 5.90 Å². The normalized spacial score (nSPS) is 14.4. The van der Waals surface area contributed by atoms with Crippen LogP contribution >= 0.6 is 0 Å². The van der Waals surface area contributed by atoms with E-state index in [0.717, 1.165) is 5.56 Å². The number of cyclic esters (lactones) is 1. The summed E-state index contributed by atoms with van der Waals surface area (Å²) in [5, 5.41) is 0. The summed E-state index contributed by atoms with van der Waals surface area (Å²) in [4.78, 5) is 16.4. The summed E-state index contributed by atoms with van der Waals surface area (Å²) in [6.07, 6.45) is 1.33. The average molecular weight is 403 g/mol. The van der Waals surface area contributed by atoms with E-state index in [0.29, 0.717) is 11.3 Å². The second kappa shape index (κ2) is 8.61. The molecule has 1 heterocycles. The van der Waals surface area contributed by atoms with Gasteiger partial charge in [-0.15, -0.1) is 0 Å². The fraction of sp³-hybridized carbons (Fsp3) is 0.0833. The highest BCUT2D eigenvalue weighted by molar-refractivity contribution is 6.12. The summed E-state index contributed by atoms with van der Waals surface area (Å²) in [7, 11) is 1.47. The van der Waals surface area contributed by atoms with Crippen LogP contribution in [0.3, 0.4) is 0 Å². The molecule has 0 spiro atoms.